The van der Waals surface area contributed by atoms with Crippen molar-refractivity contribution in [2.45, 2.75) is 0 Å². The van der Waals surface area contributed by atoms with Crippen LogP contribution in [-0.4, -0.2) is 39.9 Å². The molecule has 0 unspecified atom stereocenters. The van der Waals surface area contributed by atoms with Gasteiger partial charge in [0.05, 0.1) is 18.1 Å². The molecule has 0 saturated heterocycles. The number of carbonyl (C=O) groups excluding carboxylic acids is 2. The molecule has 0 spiro atoms. The third kappa shape index (κ3) is 2.87. The monoisotopic (exact) mass is 295 g/mol. The van der Waals surface area contributed by atoms with E-state index in [4.69, 9.17) is 5.11 Å². The van der Waals surface area contributed by atoms with Crippen molar-refractivity contribution in [3.05, 3.63) is 45.9 Å². The summed E-state index contributed by atoms with van der Waals surface area (Å²) in [7, 11) is 0. The summed E-state index contributed by atoms with van der Waals surface area (Å²) in [4.78, 5) is 33.8. The molecule has 0 atom stereocenters. The number of hydrogen-bond acceptors (Lipinski definition) is 6. The van der Waals surface area contributed by atoms with Crippen molar-refractivity contribution >= 4 is 23.2 Å². The Morgan fingerprint density at radius 1 is 1.38 bits per heavy atom. The molecule has 110 valence electrons. The van der Waals surface area contributed by atoms with Crippen LogP contribution in [0.15, 0.2) is 30.0 Å². The van der Waals surface area contributed by atoms with E-state index in [-0.39, 0.29) is 24.5 Å². The van der Waals surface area contributed by atoms with Gasteiger partial charge in [-0.1, -0.05) is 0 Å². The number of halogens is 1. The lowest BCUT2D eigenvalue weighted by Gasteiger charge is -2.13. The molecule has 2 N–H and O–H groups in total. The van der Waals surface area contributed by atoms with Gasteiger partial charge in [-0.3, -0.25) is 24.6 Å². The highest BCUT2D eigenvalue weighted by Crippen LogP contribution is 2.23. The van der Waals surface area contributed by atoms with Gasteiger partial charge in [0.25, 0.3) is 11.8 Å². The number of nitro benzene ring substituents is 1. The third-order valence-electron chi connectivity index (χ3n) is 2.76. The fraction of sp³-hybridized carbons (Fsp3) is 0.167. The lowest BCUT2D eigenvalue weighted by atomic mass is 10.2. The second-order valence-electron chi connectivity index (χ2n) is 4.12. The molecule has 0 saturated carbocycles. The Morgan fingerprint density at radius 2 is 2.10 bits per heavy atom. The molecule has 21 heavy (non-hydrogen) atoms. The molecule has 0 aliphatic carbocycles. The summed E-state index contributed by atoms with van der Waals surface area (Å²) in [6, 6.07) is 3.02. The van der Waals surface area contributed by atoms with Crippen molar-refractivity contribution in [1.82, 2.24) is 4.90 Å². The van der Waals surface area contributed by atoms with E-state index >= 15 is 0 Å². The maximum absolute atomic E-state index is 13.4. The highest BCUT2D eigenvalue weighted by Gasteiger charge is 2.30. The summed E-state index contributed by atoms with van der Waals surface area (Å²) in [6.45, 7) is -0.515. The summed E-state index contributed by atoms with van der Waals surface area (Å²) in [5, 5.41) is 21.8. The summed E-state index contributed by atoms with van der Waals surface area (Å²) >= 11 is 0. The standard InChI is InChI=1S/C12H10FN3O5/c13-8-5-7(1-2-10(8)16(20)21)14-9-6-11(18)15(3-4-17)12(9)19/h1-2,5-6,14,17H,3-4H2. The molecule has 2 amide bonds. The average Bonchev–Trinajstić information content (AvgIpc) is 2.66. The largest absolute Gasteiger partial charge is 0.395 e. The maximum atomic E-state index is 13.4. The minimum atomic E-state index is -1.06. The predicted octanol–water partition coefficient (Wildman–Crippen LogP) is 0.391. The van der Waals surface area contributed by atoms with Crippen molar-refractivity contribution in [3.8, 4) is 0 Å². The zero-order valence-electron chi connectivity index (χ0n) is 10.6. The van der Waals surface area contributed by atoms with E-state index in [1.165, 1.54) is 6.07 Å². The van der Waals surface area contributed by atoms with Gasteiger partial charge in [0.2, 0.25) is 5.82 Å². The number of nitrogens with one attached hydrogen (secondary N) is 1. The van der Waals surface area contributed by atoms with Gasteiger partial charge < -0.3 is 10.4 Å². The number of aliphatic hydroxyl groups is 1. The van der Waals surface area contributed by atoms with Crippen LogP contribution in [0.25, 0.3) is 0 Å². The normalized spacial score (nSPS) is 14.4. The SMILES string of the molecule is O=C1C=C(Nc2ccc([N+](=O)[O-])c(F)c2)C(=O)N1CCO. The molecule has 0 fully saturated rings. The number of anilines is 1. The Kier molecular flexibility index (Phi) is 3.94. The number of rotatable bonds is 5. The van der Waals surface area contributed by atoms with Crippen LogP contribution in [0, 0.1) is 15.9 Å². The number of hydrogen-bond donors (Lipinski definition) is 2. The van der Waals surface area contributed by atoms with Gasteiger partial charge in [-0.05, 0) is 6.07 Å². The third-order valence-corrected chi connectivity index (χ3v) is 2.76. The first-order chi connectivity index (χ1) is 9.93. The van der Waals surface area contributed by atoms with E-state index in [2.05, 4.69) is 5.32 Å². The van der Waals surface area contributed by atoms with Crippen molar-refractivity contribution in [3.63, 3.8) is 0 Å². The molecule has 0 aromatic heterocycles. The van der Waals surface area contributed by atoms with Crippen LogP contribution < -0.4 is 5.32 Å². The molecule has 8 nitrogen and oxygen atoms in total. The first-order valence-corrected chi connectivity index (χ1v) is 5.83. The number of benzene rings is 1. The molecule has 0 bridgehead atoms. The summed E-state index contributed by atoms with van der Waals surface area (Å²) < 4.78 is 13.4. The second-order valence-corrected chi connectivity index (χ2v) is 4.12. The first kappa shape index (κ1) is 14.6. The zero-order valence-corrected chi connectivity index (χ0v) is 10.6. The van der Waals surface area contributed by atoms with Gasteiger partial charge in [0.15, 0.2) is 0 Å². The van der Waals surface area contributed by atoms with Crippen LogP contribution in [0.4, 0.5) is 15.8 Å². The van der Waals surface area contributed by atoms with Crippen LogP contribution in [-0.2, 0) is 9.59 Å². The number of β-amino-alcohol motifs (C(OH)–C–C–N with tert-alkyl or cyclic N) is 1. The van der Waals surface area contributed by atoms with Gasteiger partial charge in [-0.25, -0.2) is 0 Å². The minimum absolute atomic E-state index is 0.0938. The minimum Gasteiger partial charge on any atom is -0.395 e. The van der Waals surface area contributed by atoms with E-state index in [1.54, 1.807) is 0 Å². The van der Waals surface area contributed by atoms with Crippen LogP contribution in [0.3, 0.4) is 0 Å². The summed E-state index contributed by atoms with van der Waals surface area (Å²) in [5.41, 5.74) is -0.691. The molecule has 2 rings (SSSR count). The van der Waals surface area contributed by atoms with Gasteiger partial charge in [-0.2, -0.15) is 4.39 Å². The molecule has 1 aliphatic rings. The van der Waals surface area contributed by atoms with Crippen molar-refractivity contribution < 1.29 is 24.0 Å². The molecular formula is C12H10FN3O5. The highest BCUT2D eigenvalue weighted by molar-refractivity contribution is 6.17. The van der Waals surface area contributed by atoms with Crippen LogP contribution >= 0.6 is 0 Å². The highest BCUT2D eigenvalue weighted by atomic mass is 19.1. The maximum Gasteiger partial charge on any atom is 0.304 e. The summed E-state index contributed by atoms with van der Waals surface area (Å²) in [5.74, 6) is -2.32. The van der Waals surface area contributed by atoms with Crippen LogP contribution in [0.2, 0.25) is 0 Å². The van der Waals surface area contributed by atoms with Gasteiger partial charge >= 0.3 is 5.69 Å². The Hall–Kier alpha value is -2.81. The van der Waals surface area contributed by atoms with Crippen LogP contribution in [0.5, 0.6) is 0 Å². The smallest absolute Gasteiger partial charge is 0.304 e. The average molecular weight is 295 g/mol. The number of aliphatic hydroxyl groups excluding tert-OH is 1. The number of carbonyl (C=O) groups is 2. The van der Waals surface area contributed by atoms with Crippen molar-refractivity contribution in [2.75, 3.05) is 18.5 Å². The van der Waals surface area contributed by atoms with Crippen LogP contribution in [0.1, 0.15) is 0 Å². The van der Waals surface area contributed by atoms with E-state index in [0.29, 0.717) is 0 Å². The van der Waals surface area contributed by atoms with E-state index in [9.17, 15) is 24.1 Å². The predicted molar refractivity (Wildman–Crippen MR) is 68.6 cm³/mol. The quantitative estimate of drug-likeness (QED) is 0.461. The van der Waals surface area contributed by atoms with Crippen molar-refractivity contribution in [2.24, 2.45) is 0 Å². The Bertz CT molecular complexity index is 658. The number of amides is 2. The molecule has 0 radical (unpaired) electrons. The van der Waals surface area contributed by atoms with Crippen molar-refractivity contribution in [1.29, 1.82) is 0 Å². The first-order valence-electron chi connectivity index (χ1n) is 5.83. The fourth-order valence-corrected chi connectivity index (χ4v) is 1.80. The Labute approximate surface area is 117 Å². The van der Waals surface area contributed by atoms with E-state index in [1.807, 2.05) is 0 Å². The molecule has 1 heterocycles. The molecule has 9 heteroatoms. The Balaban J connectivity index is 2.18. The van der Waals surface area contributed by atoms with E-state index < -0.39 is 28.2 Å². The second kappa shape index (κ2) is 5.67. The lowest BCUT2D eigenvalue weighted by Crippen LogP contribution is -2.34. The fourth-order valence-electron chi connectivity index (χ4n) is 1.80. The topological polar surface area (TPSA) is 113 Å². The van der Waals surface area contributed by atoms with Gasteiger partial charge in [-0.15, -0.1) is 0 Å². The summed E-state index contributed by atoms with van der Waals surface area (Å²) in [6.07, 6.45) is 1.01. The molecule has 1 aliphatic heterocycles. The van der Waals surface area contributed by atoms with E-state index in [0.717, 1.165) is 23.1 Å². The van der Waals surface area contributed by atoms with Gasteiger partial charge in [0, 0.05) is 23.9 Å². The zero-order chi connectivity index (χ0) is 15.6. The number of nitrogens with zero attached hydrogens (tertiary/aromatic N) is 2. The lowest BCUT2D eigenvalue weighted by molar-refractivity contribution is -0.387. The molecule has 1 aromatic carbocycles. The molecule has 1 aromatic rings. The number of nitro groups is 1. The molecular weight excluding hydrogens is 285 g/mol. The number of imide groups is 1. The van der Waals surface area contributed by atoms with Gasteiger partial charge in [0.1, 0.15) is 5.70 Å². The Morgan fingerprint density at radius 3 is 2.67 bits per heavy atom.